The van der Waals surface area contributed by atoms with Gasteiger partial charge >= 0.3 is 0 Å². The molecule has 0 saturated carbocycles. The molecule has 0 N–H and O–H groups in total. The predicted octanol–water partition coefficient (Wildman–Crippen LogP) is 24.5. The minimum atomic E-state index is 0.205. The number of allylic oxidation sites excluding steroid dienone is 7. The number of nitrogens with zero attached hydrogens (tertiary/aromatic N) is 5. The molecule has 3 aliphatic carbocycles. The van der Waals surface area contributed by atoms with Gasteiger partial charge in [0.25, 0.3) is 0 Å². The summed E-state index contributed by atoms with van der Waals surface area (Å²) in [5, 5.41) is 0. The molecule has 11 aliphatic rings. The lowest BCUT2D eigenvalue weighted by Crippen LogP contribution is -2.34. The van der Waals surface area contributed by atoms with E-state index in [1.165, 1.54) is 174 Å². The van der Waals surface area contributed by atoms with Gasteiger partial charge in [-0.3, -0.25) is 0 Å². The van der Waals surface area contributed by atoms with Crippen LogP contribution in [0.5, 0.6) is 0 Å². The molecule has 24 rings (SSSR count). The van der Waals surface area contributed by atoms with Gasteiger partial charge in [0.1, 0.15) is 6.04 Å². The molecule has 0 bridgehead atoms. The van der Waals surface area contributed by atoms with Crippen LogP contribution in [-0.4, -0.2) is 4.57 Å². The molecule has 12 aromatic carbocycles. The molecule has 5 heteroatoms. The van der Waals surface area contributed by atoms with Crippen molar-refractivity contribution in [3.63, 3.8) is 0 Å². The Hall–Kier alpha value is -12.4. The maximum atomic E-state index is 2.55. The summed E-state index contributed by atoms with van der Waals surface area (Å²) in [6.45, 7) is 0. The maximum Gasteiger partial charge on any atom is 0.101 e. The van der Waals surface area contributed by atoms with Gasteiger partial charge in [-0.1, -0.05) is 273 Å². The number of rotatable bonds is 0. The summed E-state index contributed by atoms with van der Waals surface area (Å²) in [5.74, 6) is 0. The van der Waals surface area contributed by atoms with E-state index in [4.69, 9.17) is 0 Å². The van der Waals surface area contributed by atoms with Crippen LogP contribution in [-0.2, 0) is 0 Å². The standard InChI is InChI=1S/3C24H17N.C23H16N2/c3*1-2-11-20-16(8-1)18-9-3-5-14-22(18)25-23-15-6-4-10-19(23)17-12-7-13-21(17)24(20)25;1-2-10-18-16(8-1)17-9-3-4-11-19(17)25-21-13-6-5-12-20(21)24-15-7-14-22(24)23(18)25/h1-6,8-15,24H,7H2;1-11,13-15,24H,12H2;1-12,14-15,24H,13H2;1-15,23H. The largest absolute Gasteiger partial charge is 0.329 e. The summed E-state index contributed by atoms with van der Waals surface area (Å²) in [7, 11) is 0. The lowest BCUT2D eigenvalue weighted by Gasteiger charge is -2.45. The number of benzene rings is 12. The van der Waals surface area contributed by atoms with Crippen LogP contribution in [0.4, 0.5) is 45.5 Å². The first kappa shape index (κ1) is 56.7. The zero-order valence-electron chi connectivity index (χ0n) is 55.1. The van der Waals surface area contributed by atoms with Crippen molar-refractivity contribution < 1.29 is 0 Å². The molecule has 0 saturated heterocycles. The SMILES string of the molecule is C1=C2C(=CC1)C1c3ccccc3-c3ccccc3N1c1ccccc12.C1=CC2=C(C1)C1c3ccccc3-c3ccccc3N1c1ccccc12.C1=CC2=C(C1)c1ccccc1N1c3ccccc3-c3ccccc3C21.c1ccc2c(c1)-c1ccccc1N1c3ccccc3-n3cccc3C21. The predicted molar refractivity (Wildman–Crippen MR) is 413 cm³/mol. The fourth-order valence-corrected chi connectivity index (χ4v) is 18.6. The van der Waals surface area contributed by atoms with E-state index in [1.807, 2.05) is 0 Å². The molecular weight excluding hydrogens is 1210 g/mol. The Bertz CT molecular complexity index is 5800. The molecule has 4 unspecified atom stereocenters. The van der Waals surface area contributed by atoms with Crippen molar-refractivity contribution >= 4 is 62.2 Å². The van der Waals surface area contributed by atoms with E-state index in [2.05, 4.69) is 370 Å². The van der Waals surface area contributed by atoms with Gasteiger partial charge in [0.15, 0.2) is 0 Å². The molecule has 0 spiro atoms. The van der Waals surface area contributed by atoms with Crippen molar-refractivity contribution in [3.8, 4) is 50.2 Å². The molecule has 9 heterocycles. The molecule has 0 amide bonds. The summed E-state index contributed by atoms with van der Waals surface area (Å²) in [5.41, 5.74) is 42.3. The van der Waals surface area contributed by atoms with Gasteiger partial charge in [0.2, 0.25) is 0 Å². The van der Waals surface area contributed by atoms with Crippen LogP contribution in [0.15, 0.2) is 363 Å². The Morgan fingerprint density at radius 1 is 0.260 bits per heavy atom. The number of para-hydroxylation sites is 9. The van der Waals surface area contributed by atoms with Crippen molar-refractivity contribution in [1.29, 1.82) is 0 Å². The first-order chi connectivity index (χ1) is 49.7. The molecule has 0 radical (unpaired) electrons. The fraction of sp³-hybridized carbons (Fsp3) is 0.0737. The van der Waals surface area contributed by atoms with Gasteiger partial charge in [-0.25, -0.2) is 0 Å². The van der Waals surface area contributed by atoms with Crippen molar-refractivity contribution in [2.45, 2.75) is 43.4 Å². The van der Waals surface area contributed by atoms with Crippen molar-refractivity contribution in [1.82, 2.24) is 4.57 Å². The summed E-state index contributed by atoms with van der Waals surface area (Å²) < 4.78 is 2.33. The minimum absolute atomic E-state index is 0.205. The second-order valence-corrected chi connectivity index (χ2v) is 27.4. The van der Waals surface area contributed by atoms with Crippen molar-refractivity contribution in [2.24, 2.45) is 0 Å². The molecule has 4 atom stereocenters. The highest BCUT2D eigenvalue weighted by atomic mass is 15.3. The smallest absolute Gasteiger partial charge is 0.101 e. The quantitative estimate of drug-likeness (QED) is 0.151. The van der Waals surface area contributed by atoms with Crippen LogP contribution in [0.1, 0.15) is 88.1 Å². The van der Waals surface area contributed by atoms with Crippen molar-refractivity contribution in [3.05, 3.63) is 407 Å². The van der Waals surface area contributed by atoms with Crippen LogP contribution in [0.25, 0.3) is 66.9 Å². The molecule has 13 aromatic rings. The summed E-state index contributed by atoms with van der Waals surface area (Å²) in [4.78, 5) is 10.1. The number of anilines is 8. The minimum Gasteiger partial charge on any atom is -0.329 e. The molecule has 1 aromatic heterocycles. The topological polar surface area (TPSA) is 17.9 Å². The molecule has 100 heavy (non-hydrogen) atoms. The Morgan fingerprint density at radius 3 is 1.18 bits per heavy atom. The van der Waals surface area contributed by atoms with Crippen LogP contribution in [0.3, 0.4) is 0 Å². The van der Waals surface area contributed by atoms with Crippen LogP contribution < -0.4 is 19.6 Å². The molecule has 5 nitrogen and oxygen atoms in total. The average molecular weight is 1280 g/mol. The van der Waals surface area contributed by atoms with E-state index in [0.717, 1.165) is 19.3 Å². The molecular formula is C95H67N5. The zero-order chi connectivity index (χ0) is 65.5. The highest BCUT2D eigenvalue weighted by Crippen LogP contribution is 2.62. The highest BCUT2D eigenvalue weighted by molar-refractivity contribution is 6.03. The first-order valence-corrected chi connectivity index (χ1v) is 35.4. The lowest BCUT2D eigenvalue weighted by molar-refractivity contribution is 0.724. The van der Waals surface area contributed by atoms with Gasteiger partial charge < -0.3 is 24.2 Å². The highest BCUT2D eigenvalue weighted by Gasteiger charge is 2.45. The van der Waals surface area contributed by atoms with E-state index < -0.39 is 0 Å². The molecule has 472 valence electrons. The second-order valence-electron chi connectivity index (χ2n) is 27.4. The van der Waals surface area contributed by atoms with E-state index in [9.17, 15) is 0 Å². The van der Waals surface area contributed by atoms with Gasteiger partial charge in [0, 0.05) is 79.3 Å². The van der Waals surface area contributed by atoms with Gasteiger partial charge in [-0.05, 0) is 164 Å². The average Bonchev–Trinajstić information content (AvgIpc) is 1.24. The Labute approximate surface area is 583 Å². The normalized spacial score (nSPS) is 18.4. The van der Waals surface area contributed by atoms with Gasteiger partial charge in [0.05, 0.1) is 40.9 Å². The summed E-state index contributed by atoms with van der Waals surface area (Å²) in [6.07, 6.45) is 19.4. The van der Waals surface area contributed by atoms with E-state index in [0.29, 0.717) is 6.04 Å². The number of aromatic nitrogens is 1. The van der Waals surface area contributed by atoms with E-state index in [-0.39, 0.29) is 18.1 Å². The fourth-order valence-electron chi connectivity index (χ4n) is 18.6. The maximum absolute atomic E-state index is 2.55. The Balaban J connectivity index is 0.0000000873. The Kier molecular flexibility index (Phi) is 12.8. The third-order valence-corrected chi connectivity index (χ3v) is 22.6. The van der Waals surface area contributed by atoms with E-state index >= 15 is 0 Å². The number of hydrogen-bond donors (Lipinski definition) is 0. The van der Waals surface area contributed by atoms with Gasteiger partial charge in [-0.2, -0.15) is 0 Å². The summed E-state index contributed by atoms with van der Waals surface area (Å²) >= 11 is 0. The number of fused-ring (bicyclic) bond motifs is 42. The van der Waals surface area contributed by atoms with Gasteiger partial charge in [-0.15, -0.1) is 0 Å². The van der Waals surface area contributed by atoms with E-state index in [1.54, 1.807) is 0 Å². The van der Waals surface area contributed by atoms with Crippen LogP contribution >= 0.6 is 0 Å². The lowest BCUT2D eigenvalue weighted by atomic mass is 9.78. The first-order valence-electron chi connectivity index (χ1n) is 35.4. The molecule has 8 aliphatic heterocycles. The van der Waals surface area contributed by atoms with Crippen LogP contribution in [0, 0.1) is 0 Å². The number of hydrogen-bond acceptors (Lipinski definition) is 4. The molecule has 0 fully saturated rings. The third-order valence-electron chi connectivity index (χ3n) is 22.6. The Morgan fingerprint density at radius 2 is 0.630 bits per heavy atom. The van der Waals surface area contributed by atoms with Crippen molar-refractivity contribution in [2.75, 3.05) is 19.6 Å². The monoisotopic (exact) mass is 1280 g/mol. The van der Waals surface area contributed by atoms with Crippen LogP contribution in [0.2, 0.25) is 0 Å². The zero-order valence-corrected chi connectivity index (χ0v) is 55.1. The summed E-state index contributed by atoms with van der Waals surface area (Å²) in [6, 6.07) is 111. The second kappa shape index (κ2) is 22.6. The third kappa shape index (κ3) is 8.30.